The molecule has 1 aliphatic carbocycles. The van der Waals surface area contributed by atoms with Crippen LogP contribution in [0.5, 0.6) is 28.7 Å². The van der Waals surface area contributed by atoms with Crippen molar-refractivity contribution < 1.29 is 52.3 Å². The largest absolute Gasteiger partial charge is 0.493 e. The number of benzene rings is 2. The fourth-order valence-corrected chi connectivity index (χ4v) is 6.07. The molecule has 1 saturated heterocycles. The Morgan fingerprint density at radius 1 is 0.909 bits per heavy atom. The summed E-state index contributed by atoms with van der Waals surface area (Å²) in [5.41, 5.74) is 1.30. The SMILES string of the molecule is COc1cc([C@@H]2c3cc4c(cc3[C@H](OC(=O)[C@@H](NC(=O)OC(C)(C)C)C(C)C)[C@H]3COC(=O)[C@H]23)OCO4)cc(OC)c1OC. The van der Waals surface area contributed by atoms with Crippen molar-refractivity contribution in [3.05, 3.63) is 41.0 Å². The molecule has 5 rings (SSSR count). The van der Waals surface area contributed by atoms with Gasteiger partial charge in [0.05, 0.1) is 33.9 Å². The number of rotatable bonds is 8. The monoisotopic (exact) mass is 613 g/mol. The van der Waals surface area contributed by atoms with Crippen molar-refractivity contribution in [2.45, 2.75) is 58.3 Å². The highest BCUT2D eigenvalue weighted by Crippen LogP contribution is 2.56. The maximum Gasteiger partial charge on any atom is 0.408 e. The van der Waals surface area contributed by atoms with Crippen molar-refractivity contribution in [1.82, 2.24) is 5.32 Å². The highest BCUT2D eigenvalue weighted by atomic mass is 16.7. The number of methoxy groups -OCH3 is 3. The average Bonchev–Trinajstić information content (AvgIpc) is 3.59. The molecule has 0 unspecified atom stereocenters. The van der Waals surface area contributed by atoms with Gasteiger partial charge in [-0.25, -0.2) is 9.59 Å². The summed E-state index contributed by atoms with van der Waals surface area (Å²) in [5.74, 6) is -0.959. The summed E-state index contributed by atoms with van der Waals surface area (Å²) in [5, 5.41) is 2.65. The predicted octanol–water partition coefficient (Wildman–Crippen LogP) is 4.51. The van der Waals surface area contributed by atoms with Gasteiger partial charge in [-0.2, -0.15) is 0 Å². The maximum absolute atomic E-state index is 13.7. The lowest BCUT2D eigenvalue weighted by atomic mass is 9.66. The molecule has 12 heteroatoms. The molecule has 0 radical (unpaired) electrons. The summed E-state index contributed by atoms with van der Waals surface area (Å²) in [6.45, 7) is 8.85. The summed E-state index contributed by atoms with van der Waals surface area (Å²) >= 11 is 0. The second-order valence-corrected chi connectivity index (χ2v) is 12.3. The van der Waals surface area contributed by atoms with Crippen molar-refractivity contribution in [2.75, 3.05) is 34.7 Å². The van der Waals surface area contributed by atoms with E-state index in [0.717, 1.165) is 0 Å². The third-order valence-electron chi connectivity index (χ3n) is 8.00. The molecule has 0 bridgehead atoms. The number of hydrogen-bond donors (Lipinski definition) is 1. The van der Waals surface area contributed by atoms with Crippen LogP contribution < -0.4 is 29.0 Å². The third kappa shape index (κ3) is 5.77. The molecule has 3 aliphatic rings. The number of nitrogens with one attached hydrogen (secondary N) is 1. The lowest BCUT2D eigenvalue weighted by Gasteiger charge is -2.39. The van der Waals surface area contributed by atoms with Crippen LogP contribution in [0.1, 0.15) is 63.3 Å². The first-order chi connectivity index (χ1) is 20.9. The van der Waals surface area contributed by atoms with E-state index in [4.69, 9.17) is 37.9 Å². The normalized spacial score (nSPS) is 22.3. The van der Waals surface area contributed by atoms with E-state index >= 15 is 0 Å². The molecule has 2 aromatic carbocycles. The van der Waals surface area contributed by atoms with Crippen molar-refractivity contribution in [3.8, 4) is 28.7 Å². The van der Waals surface area contributed by atoms with Crippen LogP contribution in [0.4, 0.5) is 4.79 Å². The first-order valence-corrected chi connectivity index (χ1v) is 14.5. The van der Waals surface area contributed by atoms with Gasteiger partial charge in [0.2, 0.25) is 12.5 Å². The number of carbonyl (C=O) groups is 3. The van der Waals surface area contributed by atoms with Crippen LogP contribution in [0.25, 0.3) is 0 Å². The van der Waals surface area contributed by atoms with Crippen molar-refractivity contribution >= 4 is 18.0 Å². The summed E-state index contributed by atoms with van der Waals surface area (Å²) in [7, 11) is 4.56. The molecule has 1 N–H and O–H groups in total. The molecular weight excluding hydrogens is 574 g/mol. The summed E-state index contributed by atoms with van der Waals surface area (Å²) < 4.78 is 45.3. The van der Waals surface area contributed by atoms with Crippen LogP contribution >= 0.6 is 0 Å². The molecule has 2 aliphatic heterocycles. The fourth-order valence-electron chi connectivity index (χ4n) is 6.07. The van der Waals surface area contributed by atoms with Crippen molar-refractivity contribution in [1.29, 1.82) is 0 Å². The highest BCUT2D eigenvalue weighted by Gasteiger charge is 2.54. The molecule has 44 heavy (non-hydrogen) atoms. The summed E-state index contributed by atoms with van der Waals surface area (Å²) in [6.07, 6.45) is -1.62. The van der Waals surface area contributed by atoms with Crippen LogP contribution in [-0.4, -0.2) is 64.4 Å². The Kier molecular flexibility index (Phi) is 8.46. The molecule has 238 valence electrons. The fraction of sp³-hybridized carbons (Fsp3) is 0.531. The summed E-state index contributed by atoms with van der Waals surface area (Å²) in [6, 6.07) is 6.19. The van der Waals surface area contributed by atoms with Gasteiger partial charge >= 0.3 is 18.0 Å². The third-order valence-corrected chi connectivity index (χ3v) is 8.00. The van der Waals surface area contributed by atoms with Gasteiger partial charge in [0.1, 0.15) is 17.7 Å². The molecule has 12 nitrogen and oxygen atoms in total. The van der Waals surface area contributed by atoms with Crippen LogP contribution in [0, 0.1) is 17.8 Å². The molecule has 1 fully saturated rings. The van der Waals surface area contributed by atoms with Gasteiger partial charge in [0.15, 0.2) is 23.0 Å². The Balaban J connectivity index is 1.59. The minimum atomic E-state index is -1.01. The first kappa shape index (κ1) is 31.1. The van der Waals surface area contributed by atoms with Gasteiger partial charge in [0, 0.05) is 17.4 Å². The lowest BCUT2D eigenvalue weighted by molar-refractivity contribution is -0.158. The number of alkyl carbamates (subject to hydrolysis) is 1. The van der Waals surface area contributed by atoms with Gasteiger partial charge in [-0.15, -0.1) is 0 Å². The van der Waals surface area contributed by atoms with Crippen LogP contribution in [-0.2, 0) is 23.8 Å². The van der Waals surface area contributed by atoms with Gasteiger partial charge in [0.25, 0.3) is 0 Å². The molecular formula is C32H39NO11. The van der Waals surface area contributed by atoms with Crippen molar-refractivity contribution in [2.24, 2.45) is 17.8 Å². The average molecular weight is 614 g/mol. The Hall–Kier alpha value is -4.35. The highest BCUT2D eigenvalue weighted by molar-refractivity contribution is 5.83. The standard InChI is InChI=1S/C32H39NO11/c1-15(2)26(33-31(36)44-32(3,4)5)30(35)43-27-18-12-21-20(41-14-42-21)11-17(18)24(25-19(27)13-40-29(25)34)16-9-22(37-6)28(39-8)23(10-16)38-7/h9-12,15,19,24-27H,13-14H2,1-8H3,(H,33,36)/t19-,24+,25-,26-,27-/m0/s1. The molecule has 0 aromatic heterocycles. The molecule has 1 amide bonds. The van der Waals surface area contributed by atoms with Gasteiger partial charge in [-0.1, -0.05) is 13.8 Å². The zero-order valence-corrected chi connectivity index (χ0v) is 26.2. The zero-order valence-electron chi connectivity index (χ0n) is 26.2. The minimum Gasteiger partial charge on any atom is -0.493 e. The number of fused-ring (bicyclic) bond motifs is 3. The van der Waals surface area contributed by atoms with Crippen LogP contribution in [0.2, 0.25) is 0 Å². The van der Waals surface area contributed by atoms with E-state index in [9.17, 15) is 14.4 Å². The van der Waals surface area contributed by atoms with E-state index in [1.165, 1.54) is 21.3 Å². The number of hydrogen-bond acceptors (Lipinski definition) is 11. The Morgan fingerprint density at radius 2 is 1.52 bits per heavy atom. The quantitative estimate of drug-likeness (QED) is 0.333. The van der Waals surface area contributed by atoms with Gasteiger partial charge < -0.3 is 43.2 Å². The smallest absolute Gasteiger partial charge is 0.408 e. The number of carbonyl (C=O) groups excluding carboxylic acids is 3. The second kappa shape index (κ2) is 12.0. The Labute approximate surface area is 256 Å². The molecule has 2 heterocycles. The zero-order chi connectivity index (χ0) is 31.9. The molecule has 2 aromatic rings. The van der Waals surface area contributed by atoms with E-state index in [2.05, 4.69) is 5.32 Å². The maximum atomic E-state index is 13.7. The molecule has 0 spiro atoms. The number of esters is 2. The Bertz CT molecular complexity index is 1420. The molecule has 0 saturated carbocycles. The van der Waals surface area contributed by atoms with E-state index < -0.39 is 53.5 Å². The number of amides is 1. The van der Waals surface area contributed by atoms with Gasteiger partial charge in [-0.3, -0.25) is 4.79 Å². The van der Waals surface area contributed by atoms with E-state index in [0.29, 0.717) is 45.4 Å². The Morgan fingerprint density at radius 3 is 2.07 bits per heavy atom. The van der Waals surface area contributed by atoms with E-state index in [1.54, 1.807) is 52.8 Å². The van der Waals surface area contributed by atoms with Crippen LogP contribution in [0.15, 0.2) is 24.3 Å². The van der Waals surface area contributed by atoms with Gasteiger partial charge in [-0.05, 0) is 62.1 Å². The topological polar surface area (TPSA) is 137 Å². The summed E-state index contributed by atoms with van der Waals surface area (Å²) in [4.78, 5) is 39.8. The lowest BCUT2D eigenvalue weighted by Crippen LogP contribution is -2.48. The first-order valence-electron chi connectivity index (χ1n) is 14.5. The number of cyclic esters (lactones) is 1. The minimum absolute atomic E-state index is 0.0294. The van der Waals surface area contributed by atoms with Crippen LogP contribution in [0.3, 0.4) is 0 Å². The van der Waals surface area contributed by atoms with E-state index in [1.807, 2.05) is 6.07 Å². The van der Waals surface area contributed by atoms with Crippen molar-refractivity contribution in [3.63, 3.8) is 0 Å². The number of ether oxygens (including phenoxy) is 8. The predicted molar refractivity (Wildman–Crippen MR) is 155 cm³/mol. The molecule has 5 atom stereocenters. The second-order valence-electron chi connectivity index (χ2n) is 12.3. The van der Waals surface area contributed by atoms with E-state index in [-0.39, 0.29) is 19.3 Å².